The molecule has 20 nitrogen and oxygen atoms in total. The maximum atomic E-state index is 14.1. The van der Waals surface area contributed by atoms with Crippen molar-refractivity contribution in [2.75, 3.05) is 6.61 Å². The van der Waals surface area contributed by atoms with Gasteiger partial charge in [-0.3, -0.25) is 9.59 Å². The third kappa shape index (κ3) is 4.72. The van der Waals surface area contributed by atoms with Crippen molar-refractivity contribution < 1.29 is 99.5 Å². The molecule has 0 radical (unpaired) electrons. The summed E-state index contributed by atoms with van der Waals surface area (Å²) in [4.78, 5) is 65.1. The summed E-state index contributed by atoms with van der Waals surface area (Å²) < 4.78 is 15.5. The summed E-state index contributed by atoms with van der Waals surface area (Å²) in [5.74, 6) is -24.0. The van der Waals surface area contributed by atoms with Crippen molar-refractivity contribution in [3.63, 3.8) is 0 Å². The Morgan fingerprint density at radius 3 is 1.66 bits per heavy atom. The van der Waals surface area contributed by atoms with Crippen LogP contribution in [-0.2, 0) is 28.6 Å². The summed E-state index contributed by atoms with van der Waals surface area (Å²) in [6.07, 6.45) is -16.4. The van der Waals surface area contributed by atoms with E-state index in [1.54, 1.807) is 0 Å². The minimum absolute atomic E-state index is 0.982. The van der Waals surface area contributed by atoms with Crippen molar-refractivity contribution in [1.82, 2.24) is 0 Å². The first kappa shape index (κ1) is 32.8. The number of aliphatic hydroxyl groups is 4. The first-order chi connectivity index (χ1) is 22.0. The Morgan fingerprint density at radius 2 is 1.17 bits per heavy atom. The Hall–Kier alpha value is -5.57. The van der Waals surface area contributed by atoms with Crippen LogP contribution in [0.3, 0.4) is 0 Å². The van der Waals surface area contributed by atoms with Crippen LogP contribution in [0.1, 0.15) is 50.3 Å². The molecule has 0 saturated heterocycles. The molecule has 4 heterocycles. The molecule has 20 heteroatoms. The molecular weight excluding hydrogens is 644 g/mol. The number of fused-ring (bicyclic) bond motifs is 1. The number of esters is 3. The van der Waals surface area contributed by atoms with E-state index in [9.17, 15) is 85.3 Å². The highest BCUT2D eigenvalue weighted by atomic mass is 16.6. The topological polar surface area (TPSA) is 356 Å². The van der Waals surface area contributed by atoms with E-state index in [0.717, 1.165) is 0 Å². The fourth-order valence-electron chi connectivity index (χ4n) is 6.09. The van der Waals surface area contributed by atoms with Crippen LogP contribution in [0.2, 0.25) is 0 Å². The number of carboxylic acid groups (broad SMARTS) is 2. The van der Waals surface area contributed by atoms with Gasteiger partial charge < -0.3 is 75.5 Å². The lowest BCUT2D eigenvalue weighted by Gasteiger charge is -2.39. The first-order valence-electron chi connectivity index (χ1n) is 13.3. The predicted molar refractivity (Wildman–Crippen MR) is 140 cm³/mol. The summed E-state index contributed by atoms with van der Waals surface area (Å²) >= 11 is 0. The number of benzene rings is 2. The number of cyclic esters (lactones) is 1. The van der Waals surface area contributed by atoms with Crippen molar-refractivity contribution in [1.29, 1.82) is 0 Å². The first-order valence-corrected chi connectivity index (χ1v) is 13.3. The summed E-state index contributed by atoms with van der Waals surface area (Å²) in [7, 11) is 0. The zero-order valence-corrected chi connectivity index (χ0v) is 23.2. The third-order valence-corrected chi connectivity index (χ3v) is 8.22. The van der Waals surface area contributed by atoms with Crippen LogP contribution >= 0.6 is 0 Å². The summed E-state index contributed by atoms with van der Waals surface area (Å²) in [5.41, 5.74) is -7.37. The smallest absolute Gasteiger partial charge is 0.339 e. The van der Waals surface area contributed by atoms with E-state index >= 15 is 0 Å². The number of rotatable bonds is 5. The van der Waals surface area contributed by atoms with Gasteiger partial charge in [0.05, 0.1) is 30.1 Å². The molecule has 0 spiro atoms. The Morgan fingerprint density at radius 1 is 0.681 bits per heavy atom. The Kier molecular flexibility index (Phi) is 7.92. The molecule has 0 fully saturated rings. The lowest BCUT2D eigenvalue weighted by molar-refractivity contribution is -0.183. The Labute approximate surface area is 259 Å². The Bertz CT molecular complexity index is 1750. The van der Waals surface area contributed by atoms with Gasteiger partial charge >= 0.3 is 29.8 Å². The van der Waals surface area contributed by atoms with Crippen molar-refractivity contribution in [3.8, 4) is 45.6 Å². The Balaban J connectivity index is 2.10. The number of hydrogen-bond acceptors (Lipinski definition) is 18. The molecule has 1 unspecified atom stereocenters. The second kappa shape index (κ2) is 11.3. The number of carbonyl (C=O) groups excluding carboxylic acids is 3. The molecule has 12 N–H and O–H groups in total. The predicted octanol–water partition coefficient (Wildman–Crippen LogP) is -2.40. The maximum Gasteiger partial charge on any atom is 0.339 e. The van der Waals surface area contributed by atoms with Crippen LogP contribution in [0.25, 0.3) is 11.1 Å². The SMILES string of the molecule is O=C(O)C[C@@H]1C(=O)O[C@H](CO)[C@@H](O)[C@H]2OC(=O)c3c(c(O)c(O)c(O)c3[C@@H]1[C@@H](O)C(=O)O)-c1c(O)c(O)c(O)c3c1C(=O)OC2[C@H]3O. The van der Waals surface area contributed by atoms with E-state index in [1.807, 2.05) is 0 Å². The van der Waals surface area contributed by atoms with Crippen molar-refractivity contribution in [2.24, 2.45) is 5.92 Å². The molecule has 2 aromatic rings. The number of carboxylic acids is 2. The van der Waals surface area contributed by atoms with Gasteiger partial charge in [0, 0.05) is 28.2 Å². The van der Waals surface area contributed by atoms with Gasteiger partial charge in [0.2, 0.25) is 11.5 Å². The fourth-order valence-corrected chi connectivity index (χ4v) is 6.09. The van der Waals surface area contributed by atoms with E-state index in [-0.39, 0.29) is 0 Å². The lowest BCUT2D eigenvalue weighted by atomic mass is 9.74. The van der Waals surface area contributed by atoms with E-state index in [2.05, 4.69) is 0 Å². The second-order valence-electron chi connectivity index (χ2n) is 10.8. The van der Waals surface area contributed by atoms with Gasteiger partial charge in [-0.05, 0) is 0 Å². The van der Waals surface area contributed by atoms with Gasteiger partial charge in [-0.2, -0.15) is 0 Å². The number of aliphatic carboxylic acids is 2. The average molecular weight is 668 g/mol. The van der Waals surface area contributed by atoms with Crippen LogP contribution in [0, 0.1) is 5.92 Å². The minimum Gasteiger partial charge on any atom is -0.504 e. The zero-order valence-electron chi connectivity index (χ0n) is 23.2. The zero-order chi connectivity index (χ0) is 35.0. The highest BCUT2D eigenvalue weighted by Crippen LogP contribution is 2.59. The van der Waals surface area contributed by atoms with Crippen LogP contribution in [0.4, 0.5) is 0 Å². The number of phenolic OH excluding ortho intramolecular Hbond substituents is 6. The number of carbonyl (C=O) groups is 5. The van der Waals surface area contributed by atoms with Crippen LogP contribution in [0.5, 0.6) is 34.5 Å². The number of hydrogen-bond donors (Lipinski definition) is 12. The lowest BCUT2D eigenvalue weighted by Crippen LogP contribution is -2.54. The number of aromatic hydroxyl groups is 6. The molecule has 0 aromatic heterocycles. The molecule has 6 bridgehead atoms. The van der Waals surface area contributed by atoms with E-state index in [1.165, 1.54) is 0 Å². The molecule has 6 rings (SSSR count). The molecule has 252 valence electrons. The number of aliphatic hydroxyl groups excluding tert-OH is 4. The molecule has 47 heavy (non-hydrogen) atoms. The second-order valence-corrected chi connectivity index (χ2v) is 10.8. The average Bonchev–Trinajstić information content (AvgIpc) is 3.02. The van der Waals surface area contributed by atoms with E-state index in [4.69, 9.17) is 14.2 Å². The standard InChI is InChI=1S/C27H24O20/c28-2-4-13(31)22-23-18(36)12-11(27(44)47-23)9(16(34)21(39)17(12)35)8-10(26(43)46-22)7(14(32)20(38)15(8)33)6(19(37)24(40)41)3(1-5(29)30)25(42)45-4/h3-4,6,13,18-19,22-23,28,31-39H,1-2H2,(H,29,30)(H,40,41)/t3-,4+,6+,13+,18-,19+,22+,23?/m0/s1. The van der Waals surface area contributed by atoms with Gasteiger partial charge in [0.1, 0.15) is 12.2 Å². The van der Waals surface area contributed by atoms with Gasteiger partial charge in [-0.1, -0.05) is 0 Å². The quantitative estimate of drug-likeness (QED) is 0.0896. The van der Waals surface area contributed by atoms with Gasteiger partial charge in [-0.25, -0.2) is 14.4 Å². The normalized spacial score (nSPS) is 27.2. The minimum atomic E-state index is -2.98. The molecular formula is C27H24O20. The number of ether oxygens (including phenoxy) is 3. The van der Waals surface area contributed by atoms with Gasteiger partial charge in [-0.15, -0.1) is 0 Å². The molecule has 4 aliphatic heterocycles. The van der Waals surface area contributed by atoms with Crippen molar-refractivity contribution >= 4 is 29.8 Å². The highest BCUT2D eigenvalue weighted by molar-refractivity contribution is 6.11. The molecule has 0 saturated carbocycles. The number of phenols is 6. The summed E-state index contributed by atoms with van der Waals surface area (Å²) in [6, 6.07) is 0. The van der Waals surface area contributed by atoms with Crippen LogP contribution < -0.4 is 0 Å². The van der Waals surface area contributed by atoms with E-state index in [0.29, 0.717) is 0 Å². The maximum absolute atomic E-state index is 14.1. The third-order valence-electron chi connectivity index (χ3n) is 8.22. The van der Waals surface area contributed by atoms with Crippen LogP contribution in [0.15, 0.2) is 0 Å². The monoisotopic (exact) mass is 668 g/mol. The highest BCUT2D eigenvalue weighted by Gasteiger charge is 2.55. The summed E-state index contributed by atoms with van der Waals surface area (Å²) in [6.45, 7) is -1.37. The van der Waals surface area contributed by atoms with Crippen molar-refractivity contribution in [3.05, 3.63) is 22.3 Å². The molecule has 0 aliphatic carbocycles. The fraction of sp³-hybridized carbons (Fsp3) is 0.370. The van der Waals surface area contributed by atoms with Gasteiger partial charge in [0.15, 0.2) is 47.4 Å². The van der Waals surface area contributed by atoms with Crippen LogP contribution in [-0.4, -0.2) is 128 Å². The van der Waals surface area contributed by atoms with Crippen molar-refractivity contribution in [2.45, 2.75) is 49.0 Å². The van der Waals surface area contributed by atoms with E-state index < -0.39 is 159 Å². The molecule has 4 aliphatic rings. The molecule has 0 amide bonds. The largest absolute Gasteiger partial charge is 0.504 e. The molecule has 2 aromatic carbocycles. The van der Waals surface area contributed by atoms with Gasteiger partial charge in [0.25, 0.3) is 0 Å². The molecule has 8 atom stereocenters. The summed E-state index contributed by atoms with van der Waals surface area (Å²) in [5, 5.41) is 128.